The molecule has 1 fully saturated rings. The molecule has 0 saturated heterocycles. The zero-order valence-electron chi connectivity index (χ0n) is 10.3. The molecule has 4 nitrogen and oxygen atoms in total. The molecule has 0 aliphatic heterocycles. The minimum Gasteiger partial charge on any atom is -0.459 e. The maximum Gasteiger partial charge on any atom is 0.289 e. The van der Waals surface area contributed by atoms with Crippen LogP contribution in [0.25, 0.3) is 0 Å². The molecule has 1 aliphatic carbocycles. The van der Waals surface area contributed by atoms with Crippen LogP contribution < -0.4 is 0 Å². The lowest BCUT2D eigenvalue weighted by Gasteiger charge is -2.32. The lowest BCUT2D eigenvalue weighted by atomic mass is 9.92. The van der Waals surface area contributed by atoms with E-state index < -0.39 is 0 Å². The van der Waals surface area contributed by atoms with Gasteiger partial charge in [-0.25, -0.2) is 0 Å². The number of amides is 1. The molecule has 2 rings (SSSR count). The fraction of sp³-hybridized carbons (Fsp3) is 0.615. The van der Waals surface area contributed by atoms with Crippen molar-refractivity contribution in [3.05, 3.63) is 23.7 Å². The summed E-state index contributed by atoms with van der Waals surface area (Å²) >= 11 is 0. The predicted molar refractivity (Wildman–Crippen MR) is 63.8 cm³/mol. The Morgan fingerprint density at radius 1 is 1.41 bits per heavy atom. The highest BCUT2D eigenvalue weighted by Gasteiger charge is 2.27. The molecule has 0 bridgehead atoms. The van der Waals surface area contributed by atoms with Gasteiger partial charge in [0.15, 0.2) is 5.76 Å². The second kappa shape index (κ2) is 4.92. The van der Waals surface area contributed by atoms with Gasteiger partial charge in [-0.2, -0.15) is 0 Å². The minimum absolute atomic E-state index is 0.0612. The van der Waals surface area contributed by atoms with E-state index in [0.29, 0.717) is 5.76 Å². The summed E-state index contributed by atoms with van der Waals surface area (Å²) in [5, 5.41) is 9.45. The van der Waals surface area contributed by atoms with Gasteiger partial charge in [0.25, 0.3) is 5.91 Å². The Morgan fingerprint density at radius 2 is 2.06 bits per heavy atom. The van der Waals surface area contributed by atoms with E-state index >= 15 is 0 Å². The lowest BCUT2D eigenvalue weighted by Crippen LogP contribution is -2.40. The third-order valence-electron chi connectivity index (χ3n) is 3.59. The Balaban J connectivity index is 2.03. The van der Waals surface area contributed by atoms with Gasteiger partial charge in [-0.05, 0) is 38.7 Å². The standard InChI is InChI=1S/C13H19NO3/c1-9-7-8-17-12(9)13(16)14(2)10-3-5-11(15)6-4-10/h7-8,10-11,15H,3-6H2,1-2H3. The first kappa shape index (κ1) is 12.2. The highest BCUT2D eigenvalue weighted by Crippen LogP contribution is 2.24. The summed E-state index contributed by atoms with van der Waals surface area (Å²) in [6.45, 7) is 1.87. The molecule has 0 atom stereocenters. The smallest absolute Gasteiger partial charge is 0.289 e. The molecule has 1 N–H and O–H groups in total. The highest BCUT2D eigenvalue weighted by molar-refractivity contribution is 5.92. The Labute approximate surface area is 101 Å². The molecule has 1 aromatic heterocycles. The van der Waals surface area contributed by atoms with Crippen molar-refractivity contribution < 1.29 is 14.3 Å². The summed E-state index contributed by atoms with van der Waals surface area (Å²) < 4.78 is 5.22. The first-order chi connectivity index (χ1) is 8.09. The van der Waals surface area contributed by atoms with Crippen LogP contribution in [0.4, 0.5) is 0 Å². The van der Waals surface area contributed by atoms with Crippen LogP contribution in [0, 0.1) is 6.92 Å². The zero-order chi connectivity index (χ0) is 12.4. The van der Waals surface area contributed by atoms with Crippen molar-refractivity contribution in [2.45, 2.75) is 44.8 Å². The number of aliphatic hydroxyl groups is 1. The summed E-state index contributed by atoms with van der Waals surface area (Å²) in [7, 11) is 1.81. The molecule has 94 valence electrons. The maximum atomic E-state index is 12.2. The summed E-state index contributed by atoms with van der Waals surface area (Å²) in [6, 6.07) is 2.02. The van der Waals surface area contributed by atoms with Gasteiger partial charge in [0, 0.05) is 18.7 Å². The maximum absolute atomic E-state index is 12.2. The summed E-state index contributed by atoms with van der Waals surface area (Å²) in [5.74, 6) is 0.368. The predicted octanol–water partition coefficient (Wildman–Crippen LogP) is 1.96. The van der Waals surface area contributed by atoms with E-state index in [-0.39, 0.29) is 18.1 Å². The van der Waals surface area contributed by atoms with E-state index in [9.17, 15) is 9.90 Å². The van der Waals surface area contributed by atoms with Crippen molar-refractivity contribution in [2.24, 2.45) is 0 Å². The van der Waals surface area contributed by atoms with Gasteiger partial charge < -0.3 is 14.4 Å². The molecule has 0 radical (unpaired) electrons. The SMILES string of the molecule is Cc1ccoc1C(=O)N(C)C1CCC(O)CC1. The number of rotatable bonds is 2. The summed E-state index contributed by atoms with van der Waals surface area (Å²) in [5.41, 5.74) is 0.873. The fourth-order valence-corrected chi connectivity index (χ4v) is 2.36. The number of hydrogen-bond donors (Lipinski definition) is 1. The van der Waals surface area contributed by atoms with Crippen LogP contribution >= 0.6 is 0 Å². The molecule has 4 heteroatoms. The molecular weight excluding hydrogens is 218 g/mol. The van der Waals surface area contributed by atoms with Crippen LogP contribution in [0.2, 0.25) is 0 Å². The van der Waals surface area contributed by atoms with Gasteiger partial charge in [-0.3, -0.25) is 4.79 Å². The van der Waals surface area contributed by atoms with Crippen molar-refractivity contribution in [3.8, 4) is 0 Å². The normalized spacial score (nSPS) is 24.6. The van der Waals surface area contributed by atoms with Gasteiger partial charge >= 0.3 is 0 Å². The minimum atomic E-state index is -0.194. The van der Waals surface area contributed by atoms with E-state index in [1.165, 1.54) is 0 Å². The molecule has 1 aromatic rings. The monoisotopic (exact) mass is 237 g/mol. The molecule has 0 spiro atoms. The van der Waals surface area contributed by atoms with Crippen LogP contribution in [-0.4, -0.2) is 35.1 Å². The molecule has 1 saturated carbocycles. The number of furan rings is 1. The third-order valence-corrected chi connectivity index (χ3v) is 3.59. The van der Waals surface area contributed by atoms with Gasteiger partial charge in [0.1, 0.15) is 0 Å². The number of carbonyl (C=O) groups is 1. The number of aliphatic hydroxyl groups excluding tert-OH is 1. The van der Waals surface area contributed by atoms with E-state index in [1.54, 1.807) is 17.2 Å². The molecule has 1 heterocycles. The van der Waals surface area contributed by atoms with E-state index in [2.05, 4.69) is 0 Å². The average molecular weight is 237 g/mol. The van der Waals surface area contributed by atoms with Crippen molar-refractivity contribution in [3.63, 3.8) is 0 Å². The van der Waals surface area contributed by atoms with Crippen LogP contribution in [0.15, 0.2) is 16.7 Å². The molecule has 0 unspecified atom stereocenters. The Hall–Kier alpha value is -1.29. The number of nitrogens with zero attached hydrogens (tertiary/aromatic N) is 1. The Morgan fingerprint density at radius 3 is 2.59 bits per heavy atom. The largest absolute Gasteiger partial charge is 0.459 e. The molecule has 1 amide bonds. The van der Waals surface area contributed by atoms with E-state index in [1.807, 2.05) is 14.0 Å². The van der Waals surface area contributed by atoms with Gasteiger partial charge in [-0.15, -0.1) is 0 Å². The van der Waals surface area contributed by atoms with Crippen molar-refractivity contribution >= 4 is 5.91 Å². The van der Waals surface area contributed by atoms with Gasteiger partial charge in [0.2, 0.25) is 0 Å². The molecule has 17 heavy (non-hydrogen) atoms. The number of carbonyl (C=O) groups excluding carboxylic acids is 1. The second-order valence-corrected chi connectivity index (χ2v) is 4.81. The van der Waals surface area contributed by atoms with Gasteiger partial charge in [-0.1, -0.05) is 0 Å². The van der Waals surface area contributed by atoms with Crippen molar-refractivity contribution in [1.82, 2.24) is 4.90 Å². The quantitative estimate of drug-likeness (QED) is 0.855. The first-order valence-corrected chi connectivity index (χ1v) is 6.09. The summed E-state index contributed by atoms with van der Waals surface area (Å²) in [4.78, 5) is 13.9. The van der Waals surface area contributed by atoms with Crippen LogP contribution in [0.3, 0.4) is 0 Å². The highest BCUT2D eigenvalue weighted by atomic mass is 16.3. The Kier molecular flexibility index (Phi) is 3.52. The summed E-state index contributed by atoms with van der Waals surface area (Å²) in [6.07, 6.45) is 4.63. The van der Waals surface area contributed by atoms with Crippen LogP contribution in [0.1, 0.15) is 41.8 Å². The topological polar surface area (TPSA) is 53.7 Å². The van der Waals surface area contributed by atoms with Crippen LogP contribution in [0.5, 0.6) is 0 Å². The van der Waals surface area contributed by atoms with Crippen molar-refractivity contribution in [2.75, 3.05) is 7.05 Å². The fourth-order valence-electron chi connectivity index (χ4n) is 2.36. The third kappa shape index (κ3) is 2.52. The van der Waals surface area contributed by atoms with E-state index in [0.717, 1.165) is 31.2 Å². The van der Waals surface area contributed by atoms with Gasteiger partial charge in [0.05, 0.1) is 12.4 Å². The van der Waals surface area contributed by atoms with E-state index in [4.69, 9.17) is 4.42 Å². The van der Waals surface area contributed by atoms with Crippen LogP contribution in [-0.2, 0) is 0 Å². The zero-order valence-corrected chi connectivity index (χ0v) is 10.3. The number of hydrogen-bond acceptors (Lipinski definition) is 3. The Bertz CT molecular complexity index is 391. The average Bonchev–Trinajstić information content (AvgIpc) is 2.74. The number of aryl methyl sites for hydroxylation is 1. The lowest BCUT2D eigenvalue weighted by molar-refractivity contribution is 0.0543. The van der Waals surface area contributed by atoms with Crippen molar-refractivity contribution in [1.29, 1.82) is 0 Å². The molecule has 1 aliphatic rings. The molecule has 0 aromatic carbocycles. The first-order valence-electron chi connectivity index (χ1n) is 6.09. The second-order valence-electron chi connectivity index (χ2n) is 4.81. The molecular formula is C13H19NO3.